The Morgan fingerprint density at radius 3 is 2.57 bits per heavy atom. The van der Waals surface area contributed by atoms with Gasteiger partial charge >= 0.3 is 0 Å². The van der Waals surface area contributed by atoms with Crippen molar-refractivity contribution in [2.24, 2.45) is 0 Å². The molecule has 108 valence electrons. The van der Waals surface area contributed by atoms with Crippen molar-refractivity contribution in [2.45, 2.75) is 5.75 Å². The summed E-state index contributed by atoms with van der Waals surface area (Å²) in [4.78, 5) is 4.23. The van der Waals surface area contributed by atoms with Crippen LogP contribution in [-0.2, 0) is 15.8 Å². The zero-order valence-corrected chi connectivity index (χ0v) is 12.2. The number of pyridine rings is 1. The number of aromatic nitrogens is 2. The highest BCUT2D eigenvalue weighted by Gasteiger charge is 2.17. The van der Waals surface area contributed by atoms with Gasteiger partial charge < -0.3 is 4.74 Å². The summed E-state index contributed by atoms with van der Waals surface area (Å²) in [5, 5.41) is 0. The molecule has 0 amide bonds. The van der Waals surface area contributed by atoms with E-state index < -0.39 is 10.0 Å². The Kier molecular flexibility index (Phi) is 3.39. The first-order valence-electron chi connectivity index (χ1n) is 6.39. The second kappa shape index (κ2) is 5.21. The third-order valence-corrected chi connectivity index (χ3v) is 4.80. The Morgan fingerprint density at radius 2 is 1.86 bits per heavy atom. The second-order valence-electron chi connectivity index (χ2n) is 4.61. The summed E-state index contributed by atoms with van der Waals surface area (Å²) in [7, 11) is -1.96. The predicted molar refractivity (Wildman–Crippen MR) is 80.7 cm³/mol. The topological polar surface area (TPSA) is 61.2 Å². The van der Waals surface area contributed by atoms with Gasteiger partial charge in [-0.15, -0.1) is 0 Å². The van der Waals surface area contributed by atoms with Crippen molar-refractivity contribution in [2.75, 3.05) is 7.11 Å². The smallest absolute Gasteiger partial charge is 0.243 e. The molecule has 0 aliphatic rings. The second-order valence-corrected chi connectivity index (χ2v) is 6.46. The molecule has 0 aliphatic heterocycles. The minimum Gasteiger partial charge on any atom is -0.481 e. The summed E-state index contributed by atoms with van der Waals surface area (Å²) < 4.78 is 31.4. The molecule has 0 N–H and O–H groups in total. The fourth-order valence-electron chi connectivity index (χ4n) is 2.19. The van der Waals surface area contributed by atoms with Gasteiger partial charge in [0.2, 0.25) is 15.9 Å². The molecular formula is C15H14N2O3S. The van der Waals surface area contributed by atoms with Crippen LogP contribution in [0.1, 0.15) is 5.56 Å². The number of rotatable bonds is 4. The average Bonchev–Trinajstić information content (AvgIpc) is 2.91. The molecule has 21 heavy (non-hydrogen) atoms. The highest BCUT2D eigenvalue weighted by Crippen LogP contribution is 2.21. The maximum atomic E-state index is 12.5. The maximum absolute atomic E-state index is 12.5. The van der Waals surface area contributed by atoms with Gasteiger partial charge in [-0.2, -0.15) is 0 Å². The number of benzene rings is 1. The minimum atomic E-state index is -3.48. The quantitative estimate of drug-likeness (QED) is 0.742. The van der Waals surface area contributed by atoms with Crippen LogP contribution in [-0.4, -0.2) is 24.5 Å². The van der Waals surface area contributed by atoms with E-state index in [9.17, 15) is 8.42 Å². The molecule has 0 atom stereocenters. The molecule has 5 nitrogen and oxygen atoms in total. The van der Waals surface area contributed by atoms with E-state index in [0.717, 1.165) is 5.56 Å². The van der Waals surface area contributed by atoms with Crippen molar-refractivity contribution in [1.82, 2.24) is 8.96 Å². The first-order valence-corrected chi connectivity index (χ1v) is 8.00. The number of hydrogen-bond donors (Lipinski definition) is 0. The molecule has 1 aromatic carbocycles. The van der Waals surface area contributed by atoms with Crippen LogP contribution < -0.4 is 4.74 Å². The normalized spacial score (nSPS) is 11.7. The van der Waals surface area contributed by atoms with Crippen LogP contribution in [0.5, 0.6) is 5.88 Å². The standard InChI is InChI=1S/C15H14N2O3S/c1-20-15-8-7-14-13(16-15)9-10-17(14)21(18,19)11-12-5-3-2-4-6-12/h2-10H,11H2,1H3. The molecular weight excluding hydrogens is 288 g/mol. The summed E-state index contributed by atoms with van der Waals surface area (Å²) >= 11 is 0. The predicted octanol–water partition coefficient (Wildman–Crippen LogP) is 2.42. The van der Waals surface area contributed by atoms with Crippen LogP contribution in [0.2, 0.25) is 0 Å². The van der Waals surface area contributed by atoms with Gasteiger partial charge in [-0.1, -0.05) is 30.3 Å². The molecule has 2 aromatic heterocycles. The van der Waals surface area contributed by atoms with Gasteiger partial charge in [0.1, 0.15) is 0 Å². The van der Waals surface area contributed by atoms with Gasteiger partial charge in [0, 0.05) is 12.3 Å². The number of methoxy groups -OCH3 is 1. The Morgan fingerprint density at radius 1 is 1.10 bits per heavy atom. The van der Waals surface area contributed by atoms with Crippen LogP contribution in [0.15, 0.2) is 54.7 Å². The van der Waals surface area contributed by atoms with E-state index in [4.69, 9.17) is 4.74 Å². The summed E-state index contributed by atoms with van der Waals surface area (Å²) in [6.45, 7) is 0. The summed E-state index contributed by atoms with van der Waals surface area (Å²) in [5.74, 6) is 0.407. The SMILES string of the molecule is COc1ccc2c(ccn2S(=O)(=O)Cc2ccccc2)n1. The fourth-order valence-corrected chi connectivity index (χ4v) is 3.64. The number of fused-ring (bicyclic) bond motifs is 1. The zero-order valence-electron chi connectivity index (χ0n) is 11.4. The zero-order chi connectivity index (χ0) is 14.9. The van der Waals surface area contributed by atoms with Crippen LogP contribution in [0.25, 0.3) is 11.0 Å². The highest BCUT2D eigenvalue weighted by molar-refractivity contribution is 7.89. The van der Waals surface area contributed by atoms with Gasteiger partial charge in [0.05, 0.1) is 23.9 Å². The van der Waals surface area contributed by atoms with E-state index in [-0.39, 0.29) is 5.75 Å². The van der Waals surface area contributed by atoms with Crippen molar-refractivity contribution in [3.63, 3.8) is 0 Å². The van der Waals surface area contributed by atoms with Crippen molar-refractivity contribution in [3.05, 3.63) is 60.3 Å². The lowest BCUT2D eigenvalue weighted by molar-refractivity contribution is 0.399. The van der Waals surface area contributed by atoms with Gasteiger partial charge in [0.25, 0.3) is 0 Å². The van der Waals surface area contributed by atoms with Crippen LogP contribution in [0.4, 0.5) is 0 Å². The van der Waals surface area contributed by atoms with E-state index >= 15 is 0 Å². The fraction of sp³-hybridized carbons (Fsp3) is 0.133. The molecule has 0 unspecified atom stereocenters. The van der Waals surface area contributed by atoms with E-state index in [2.05, 4.69) is 4.98 Å². The Balaban J connectivity index is 2.03. The van der Waals surface area contributed by atoms with Crippen molar-refractivity contribution < 1.29 is 13.2 Å². The van der Waals surface area contributed by atoms with Gasteiger partial charge in [-0.05, 0) is 17.7 Å². The number of ether oxygens (including phenoxy) is 1. The molecule has 3 aromatic rings. The molecule has 6 heteroatoms. The molecule has 0 radical (unpaired) electrons. The lowest BCUT2D eigenvalue weighted by atomic mass is 10.2. The molecule has 3 rings (SSSR count). The number of hydrogen-bond acceptors (Lipinski definition) is 4. The first kappa shape index (κ1) is 13.6. The maximum Gasteiger partial charge on any atom is 0.243 e. The molecule has 0 aliphatic carbocycles. The van der Waals surface area contributed by atoms with E-state index in [0.29, 0.717) is 16.9 Å². The van der Waals surface area contributed by atoms with Crippen LogP contribution in [0.3, 0.4) is 0 Å². The lowest BCUT2D eigenvalue weighted by Gasteiger charge is -2.07. The Labute approximate surface area is 122 Å². The average molecular weight is 302 g/mol. The molecule has 0 saturated carbocycles. The lowest BCUT2D eigenvalue weighted by Crippen LogP contribution is -2.14. The summed E-state index contributed by atoms with van der Waals surface area (Å²) in [6.07, 6.45) is 1.52. The minimum absolute atomic E-state index is 0.0519. The molecule has 0 fully saturated rings. The van der Waals surface area contributed by atoms with Gasteiger partial charge in [0.15, 0.2) is 0 Å². The van der Waals surface area contributed by atoms with Crippen molar-refractivity contribution in [3.8, 4) is 5.88 Å². The van der Waals surface area contributed by atoms with Crippen LogP contribution >= 0.6 is 0 Å². The Hall–Kier alpha value is -2.34. The van der Waals surface area contributed by atoms with Crippen LogP contribution in [0, 0.1) is 0 Å². The largest absolute Gasteiger partial charge is 0.481 e. The third kappa shape index (κ3) is 2.62. The Bertz CT molecular complexity index is 870. The summed E-state index contributed by atoms with van der Waals surface area (Å²) in [6, 6.07) is 14.1. The molecule has 0 bridgehead atoms. The monoisotopic (exact) mass is 302 g/mol. The molecule has 0 saturated heterocycles. The third-order valence-electron chi connectivity index (χ3n) is 3.18. The van der Waals surface area contributed by atoms with Gasteiger partial charge in [-0.25, -0.2) is 17.4 Å². The van der Waals surface area contributed by atoms with Crippen molar-refractivity contribution in [1.29, 1.82) is 0 Å². The number of nitrogens with zero attached hydrogens (tertiary/aromatic N) is 2. The molecule has 2 heterocycles. The van der Waals surface area contributed by atoms with E-state index in [1.165, 1.54) is 17.3 Å². The highest BCUT2D eigenvalue weighted by atomic mass is 32.2. The van der Waals surface area contributed by atoms with Crippen molar-refractivity contribution >= 4 is 21.1 Å². The molecule has 0 spiro atoms. The van der Waals surface area contributed by atoms with Gasteiger partial charge in [-0.3, -0.25) is 0 Å². The first-order chi connectivity index (χ1) is 10.1. The summed E-state index contributed by atoms with van der Waals surface area (Å²) in [5.41, 5.74) is 1.89. The van der Waals surface area contributed by atoms with E-state index in [1.807, 2.05) is 18.2 Å². The van der Waals surface area contributed by atoms with E-state index in [1.54, 1.807) is 30.3 Å².